The molecule has 32 heavy (non-hydrogen) atoms. The minimum Gasteiger partial charge on any atom is -0.429 e. The predicted octanol–water partition coefficient (Wildman–Crippen LogP) is 7.66. The molecule has 2 aromatic carbocycles. The lowest BCUT2D eigenvalue weighted by Gasteiger charge is -2.28. The number of rotatable bonds is 7. The fourth-order valence-corrected chi connectivity index (χ4v) is 4.01. The molecule has 10 heteroatoms. The summed E-state index contributed by atoms with van der Waals surface area (Å²) >= 11 is 0. The van der Waals surface area contributed by atoms with Crippen molar-refractivity contribution in [2.75, 3.05) is 0 Å². The van der Waals surface area contributed by atoms with E-state index in [0.717, 1.165) is 31.4 Å². The van der Waals surface area contributed by atoms with Crippen molar-refractivity contribution in [3.63, 3.8) is 0 Å². The Morgan fingerprint density at radius 2 is 1.41 bits per heavy atom. The Labute approximate surface area is 179 Å². The van der Waals surface area contributed by atoms with Crippen molar-refractivity contribution in [1.82, 2.24) is 0 Å². The van der Waals surface area contributed by atoms with Gasteiger partial charge in [0.15, 0.2) is 17.4 Å². The molecule has 0 aliphatic heterocycles. The van der Waals surface area contributed by atoms with Gasteiger partial charge < -0.3 is 9.47 Å². The summed E-state index contributed by atoms with van der Waals surface area (Å²) in [7, 11) is 0. The fourth-order valence-electron chi connectivity index (χ4n) is 4.01. The Hall–Kier alpha value is -2.52. The van der Waals surface area contributed by atoms with E-state index in [9.17, 15) is 35.1 Å². The van der Waals surface area contributed by atoms with E-state index in [1.807, 2.05) is 0 Å². The van der Waals surface area contributed by atoms with Crippen molar-refractivity contribution >= 4 is 0 Å². The Morgan fingerprint density at radius 3 is 1.88 bits per heavy atom. The van der Waals surface area contributed by atoms with Crippen molar-refractivity contribution in [2.24, 2.45) is 5.92 Å². The van der Waals surface area contributed by atoms with Crippen LogP contribution in [0.4, 0.5) is 35.1 Å². The molecule has 0 aromatic heterocycles. The third kappa shape index (κ3) is 5.27. The van der Waals surface area contributed by atoms with Gasteiger partial charge in [0.1, 0.15) is 22.9 Å². The molecule has 176 valence electrons. The fraction of sp³-hybridized carbons (Fsp3) is 0.455. The molecule has 0 saturated heterocycles. The summed E-state index contributed by atoms with van der Waals surface area (Å²) in [5, 5.41) is 0. The van der Waals surface area contributed by atoms with E-state index in [2.05, 4.69) is 16.4 Å². The van der Waals surface area contributed by atoms with E-state index >= 15 is 0 Å². The number of benzene rings is 2. The first-order valence-corrected chi connectivity index (χ1v) is 10.0. The highest BCUT2D eigenvalue weighted by molar-refractivity contribution is 5.36. The third-order valence-corrected chi connectivity index (χ3v) is 5.68. The molecule has 2 aromatic rings. The molecule has 2 nitrogen and oxygen atoms in total. The Balaban J connectivity index is 1.84. The minimum atomic E-state index is -4.64. The van der Waals surface area contributed by atoms with Crippen molar-refractivity contribution in [1.29, 1.82) is 0 Å². The second-order valence-corrected chi connectivity index (χ2v) is 7.70. The zero-order valence-electron chi connectivity index (χ0n) is 16.9. The van der Waals surface area contributed by atoms with Gasteiger partial charge in [0.2, 0.25) is 0 Å². The van der Waals surface area contributed by atoms with Gasteiger partial charge in [-0.2, -0.15) is 17.6 Å². The Kier molecular flexibility index (Phi) is 7.19. The van der Waals surface area contributed by atoms with Crippen LogP contribution in [-0.4, -0.2) is 6.61 Å². The van der Waals surface area contributed by atoms with Crippen LogP contribution in [0.1, 0.15) is 56.1 Å². The molecule has 0 atom stereocenters. The molecular formula is C22H20F8O2. The maximum Gasteiger partial charge on any atom is 0.432 e. The van der Waals surface area contributed by atoms with Crippen LogP contribution in [0.5, 0.6) is 11.5 Å². The van der Waals surface area contributed by atoms with E-state index in [4.69, 9.17) is 0 Å². The summed E-state index contributed by atoms with van der Waals surface area (Å²) in [6.45, 7) is -1.51. The molecular weight excluding hydrogens is 448 g/mol. The molecule has 1 aliphatic carbocycles. The van der Waals surface area contributed by atoms with Gasteiger partial charge in [-0.05, 0) is 55.2 Å². The number of hydrogen-bond donors (Lipinski definition) is 0. The summed E-state index contributed by atoms with van der Waals surface area (Å²) < 4.78 is 118. The summed E-state index contributed by atoms with van der Waals surface area (Å²) in [6.07, 6.45) is -0.559. The van der Waals surface area contributed by atoms with Gasteiger partial charge in [-0.25, -0.2) is 17.6 Å². The average molecular weight is 468 g/mol. The number of halogens is 8. The number of hydrogen-bond acceptors (Lipinski definition) is 2. The topological polar surface area (TPSA) is 18.5 Å². The zero-order valence-corrected chi connectivity index (χ0v) is 16.9. The monoisotopic (exact) mass is 468 g/mol. The Bertz CT molecular complexity index is 909. The molecule has 0 heterocycles. The van der Waals surface area contributed by atoms with E-state index in [0.29, 0.717) is 18.8 Å². The zero-order chi connectivity index (χ0) is 23.6. The van der Waals surface area contributed by atoms with Crippen LogP contribution in [0.25, 0.3) is 0 Å². The molecule has 0 bridgehead atoms. The van der Waals surface area contributed by atoms with Crippen LogP contribution in [0.2, 0.25) is 0 Å². The van der Waals surface area contributed by atoms with Crippen LogP contribution in [0, 0.1) is 29.2 Å². The number of alkyl halides is 4. The molecule has 0 unspecified atom stereocenters. The second kappa shape index (κ2) is 9.54. The highest BCUT2D eigenvalue weighted by atomic mass is 19.3. The molecule has 1 saturated carbocycles. The first kappa shape index (κ1) is 24.1. The van der Waals surface area contributed by atoms with Crippen molar-refractivity contribution in [3.05, 3.63) is 58.7 Å². The highest BCUT2D eigenvalue weighted by Gasteiger charge is 2.42. The molecule has 0 N–H and O–H groups in total. The van der Waals surface area contributed by atoms with E-state index in [1.165, 1.54) is 0 Å². The maximum atomic E-state index is 14.5. The molecule has 3 rings (SSSR count). The van der Waals surface area contributed by atoms with Crippen LogP contribution in [0.15, 0.2) is 24.3 Å². The summed E-state index contributed by atoms with van der Waals surface area (Å²) in [5.74, 6) is -8.97. The molecule has 1 fully saturated rings. The van der Waals surface area contributed by atoms with Gasteiger partial charge in [0, 0.05) is 12.1 Å². The lowest BCUT2D eigenvalue weighted by atomic mass is 9.77. The Morgan fingerprint density at radius 1 is 0.875 bits per heavy atom. The van der Waals surface area contributed by atoms with Gasteiger partial charge in [0.05, 0.1) is 0 Å². The second-order valence-electron chi connectivity index (χ2n) is 7.70. The number of ether oxygens (including phenoxy) is 2. The quantitative estimate of drug-likeness (QED) is 0.389. The minimum absolute atomic E-state index is 0.144. The van der Waals surface area contributed by atoms with Crippen LogP contribution in [-0.2, 0) is 6.11 Å². The first-order chi connectivity index (χ1) is 15.0. The van der Waals surface area contributed by atoms with E-state index < -0.39 is 53.1 Å². The van der Waals surface area contributed by atoms with E-state index in [1.54, 1.807) is 0 Å². The van der Waals surface area contributed by atoms with Gasteiger partial charge in [0.25, 0.3) is 0 Å². The largest absolute Gasteiger partial charge is 0.432 e. The highest BCUT2D eigenvalue weighted by Crippen LogP contribution is 2.41. The van der Waals surface area contributed by atoms with Crippen molar-refractivity contribution in [3.8, 4) is 11.5 Å². The van der Waals surface area contributed by atoms with Gasteiger partial charge >= 0.3 is 12.7 Å². The molecule has 0 spiro atoms. The van der Waals surface area contributed by atoms with E-state index in [-0.39, 0.29) is 23.6 Å². The van der Waals surface area contributed by atoms with Crippen LogP contribution < -0.4 is 9.47 Å². The van der Waals surface area contributed by atoms with Crippen LogP contribution in [0.3, 0.4) is 0 Å². The molecule has 0 radical (unpaired) electrons. The lowest BCUT2D eigenvalue weighted by Crippen LogP contribution is -2.26. The first-order valence-electron chi connectivity index (χ1n) is 10.0. The van der Waals surface area contributed by atoms with Gasteiger partial charge in [-0.15, -0.1) is 0 Å². The van der Waals surface area contributed by atoms with Crippen molar-refractivity contribution in [2.45, 2.75) is 57.7 Å². The maximum absolute atomic E-state index is 14.5. The van der Waals surface area contributed by atoms with Gasteiger partial charge in [-0.3, -0.25) is 0 Å². The van der Waals surface area contributed by atoms with Crippen molar-refractivity contribution < 1.29 is 44.6 Å². The smallest absolute Gasteiger partial charge is 0.429 e. The predicted molar refractivity (Wildman–Crippen MR) is 98.9 cm³/mol. The molecule has 1 aliphatic rings. The normalized spacial score (nSPS) is 19.3. The summed E-state index contributed by atoms with van der Waals surface area (Å²) in [5.41, 5.74) is -1.48. The summed E-state index contributed by atoms with van der Waals surface area (Å²) in [6, 6.07) is 1.91. The van der Waals surface area contributed by atoms with Crippen LogP contribution >= 0.6 is 0 Å². The SMILES string of the molecule is CC[C@H]1CC[C@H](c2cc(F)c(C(F)(F)Oc3cc(F)c(OC(F)F)c(F)c3)c(F)c2)CC1. The standard InChI is InChI=1S/C22H20F8O2/c1-2-11-3-5-12(6-4-11)13-7-15(23)19(16(24)8-13)22(29,30)32-14-9-17(25)20(18(26)10-14)31-21(27)28/h7-12,21H,2-6H2,1H3/t11-,12-. The third-order valence-electron chi connectivity index (χ3n) is 5.68. The average Bonchev–Trinajstić information content (AvgIpc) is 2.69. The molecule has 0 amide bonds. The summed E-state index contributed by atoms with van der Waals surface area (Å²) in [4.78, 5) is 0. The lowest BCUT2D eigenvalue weighted by molar-refractivity contribution is -0.189. The van der Waals surface area contributed by atoms with Gasteiger partial charge in [-0.1, -0.05) is 13.3 Å².